The summed E-state index contributed by atoms with van der Waals surface area (Å²) in [7, 11) is 1.53. The van der Waals surface area contributed by atoms with Gasteiger partial charge in [0.2, 0.25) is 0 Å². The molecule has 1 fully saturated rings. The van der Waals surface area contributed by atoms with Gasteiger partial charge in [0.05, 0.1) is 19.4 Å². The number of aliphatic hydroxyl groups excluding tert-OH is 1. The van der Waals surface area contributed by atoms with Crippen molar-refractivity contribution in [1.82, 2.24) is 9.97 Å². The second kappa shape index (κ2) is 5.71. The van der Waals surface area contributed by atoms with Crippen LogP contribution in [0.2, 0.25) is 5.02 Å². The first-order chi connectivity index (χ1) is 8.61. The maximum Gasteiger partial charge on any atom is 0.318 e. The highest BCUT2D eigenvalue weighted by atomic mass is 35.5. The molecule has 1 aliphatic heterocycles. The molecule has 2 rings (SSSR count). The number of hydrogen-bond acceptors (Lipinski definition) is 5. The molecule has 0 aliphatic carbocycles. The van der Waals surface area contributed by atoms with Gasteiger partial charge in [-0.2, -0.15) is 4.98 Å². The van der Waals surface area contributed by atoms with Gasteiger partial charge in [-0.1, -0.05) is 11.6 Å². The Labute approximate surface area is 112 Å². The fraction of sp³-hybridized carbons (Fsp3) is 0.667. The molecule has 1 saturated heterocycles. The van der Waals surface area contributed by atoms with Crippen molar-refractivity contribution in [3.8, 4) is 6.01 Å². The normalized spacial score (nSPS) is 18.8. The van der Waals surface area contributed by atoms with E-state index in [-0.39, 0.29) is 6.10 Å². The molecule has 0 aromatic carbocycles. The van der Waals surface area contributed by atoms with Crippen LogP contribution in [0.15, 0.2) is 6.20 Å². The lowest BCUT2D eigenvalue weighted by atomic mass is 9.92. The molecule has 0 bridgehead atoms. The lowest BCUT2D eigenvalue weighted by Crippen LogP contribution is -2.37. The highest BCUT2D eigenvalue weighted by Crippen LogP contribution is 2.29. The van der Waals surface area contributed by atoms with E-state index < -0.39 is 0 Å². The molecule has 2 heterocycles. The third-order valence-electron chi connectivity index (χ3n) is 3.41. The Balaban J connectivity index is 2.09. The summed E-state index contributed by atoms with van der Waals surface area (Å²) in [6.07, 6.45) is 3.20. The lowest BCUT2D eigenvalue weighted by molar-refractivity contribution is 0.109. The molecule has 1 atom stereocenters. The third-order valence-corrected chi connectivity index (χ3v) is 3.67. The van der Waals surface area contributed by atoms with Crippen LogP contribution in [0.5, 0.6) is 6.01 Å². The standard InChI is InChI=1S/C12H18ClN3O2/c1-8(17)9-3-5-16(6-4-9)11-10(13)7-14-12(15-11)18-2/h7-9,17H,3-6H2,1-2H3. The minimum absolute atomic E-state index is 0.248. The molecule has 0 radical (unpaired) electrons. The summed E-state index contributed by atoms with van der Waals surface area (Å²) in [5.41, 5.74) is 0. The fourth-order valence-electron chi connectivity index (χ4n) is 2.26. The van der Waals surface area contributed by atoms with Crippen LogP contribution < -0.4 is 9.64 Å². The Morgan fingerprint density at radius 1 is 1.50 bits per heavy atom. The number of nitrogens with zero attached hydrogens (tertiary/aromatic N) is 3. The van der Waals surface area contributed by atoms with Gasteiger partial charge < -0.3 is 14.7 Å². The number of halogens is 1. The Bertz CT molecular complexity index is 406. The zero-order valence-corrected chi connectivity index (χ0v) is 11.4. The monoisotopic (exact) mass is 271 g/mol. The highest BCUT2D eigenvalue weighted by Gasteiger charge is 2.24. The highest BCUT2D eigenvalue weighted by molar-refractivity contribution is 6.32. The molecule has 6 heteroatoms. The van der Waals surface area contributed by atoms with Gasteiger partial charge in [0, 0.05) is 13.1 Å². The molecule has 1 aromatic heterocycles. The molecule has 1 aromatic rings. The summed E-state index contributed by atoms with van der Waals surface area (Å²) < 4.78 is 5.01. The smallest absolute Gasteiger partial charge is 0.318 e. The minimum atomic E-state index is -0.248. The van der Waals surface area contributed by atoms with Gasteiger partial charge in [0.25, 0.3) is 0 Å². The summed E-state index contributed by atoms with van der Waals surface area (Å²) in [4.78, 5) is 10.4. The van der Waals surface area contributed by atoms with Crippen molar-refractivity contribution in [1.29, 1.82) is 0 Å². The van der Waals surface area contributed by atoms with E-state index in [1.807, 2.05) is 6.92 Å². The Morgan fingerprint density at radius 3 is 2.72 bits per heavy atom. The third kappa shape index (κ3) is 2.84. The predicted molar refractivity (Wildman–Crippen MR) is 70.2 cm³/mol. The summed E-state index contributed by atoms with van der Waals surface area (Å²) >= 11 is 6.11. The van der Waals surface area contributed by atoms with Crippen molar-refractivity contribution >= 4 is 17.4 Å². The number of ether oxygens (including phenoxy) is 1. The van der Waals surface area contributed by atoms with Gasteiger partial charge >= 0.3 is 6.01 Å². The zero-order chi connectivity index (χ0) is 13.1. The molecular weight excluding hydrogens is 254 g/mol. The van der Waals surface area contributed by atoms with Gasteiger partial charge in [-0.15, -0.1) is 0 Å². The van der Waals surface area contributed by atoms with Gasteiger partial charge in [-0.3, -0.25) is 0 Å². The first kappa shape index (κ1) is 13.4. The Hall–Kier alpha value is -1.07. The van der Waals surface area contributed by atoms with Crippen LogP contribution >= 0.6 is 11.6 Å². The quantitative estimate of drug-likeness (QED) is 0.907. The summed E-state index contributed by atoms with van der Waals surface area (Å²) in [5, 5.41) is 10.1. The summed E-state index contributed by atoms with van der Waals surface area (Å²) in [6.45, 7) is 3.53. The van der Waals surface area contributed by atoms with Crippen molar-refractivity contribution < 1.29 is 9.84 Å². The van der Waals surface area contributed by atoms with Crippen molar-refractivity contribution in [3.05, 3.63) is 11.2 Å². The molecular formula is C12H18ClN3O2. The van der Waals surface area contributed by atoms with Crippen LogP contribution in [0, 0.1) is 5.92 Å². The van der Waals surface area contributed by atoms with Crippen LogP contribution in [0.25, 0.3) is 0 Å². The zero-order valence-electron chi connectivity index (χ0n) is 10.6. The van der Waals surface area contributed by atoms with Crippen LogP contribution in [0.3, 0.4) is 0 Å². The molecule has 1 unspecified atom stereocenters. The fourth-order valence-corrected chi connectivity index (χ4v) is 2.47. The number of aromatic nitrogens is 2. The van der Waals surface area contributed by atoms with E-state index >= 15 is 0 Å². The first-order valence-corrected chi connectivity index (χ1v) is 6.49. The molecule has 100 valence electrons. The van der Waals surface area contributed by atoms with Crippen molar-refractivity contribution in [2.24, 2.45) is 5.92 Å². The van der Waals surface area contributed by atoms with Crippen LogP contribution in [0.4, 0.5) is 5.82 Å². The largest absolute Gasteiger partial charge is 0.467 e. The lowest BCUT2D eigenvalue weighted by Gasteiger charge is -2.34. The number of rotatable bonds is 3. The molecule has 1 aliphatic rings. The topological polar surface area (TPSA) is 58.5 Å². The van der Waals surface area contributed by atoms with Crippen LogP contribution in [-0.4, -0.2) is 41.4 Å². The number of piperidine rings is 1. The van der Waals surface area contributed by atoms with E-state index in [1.165, 1.54) is 7.11 Å². The van der Waals surface area contributed by atoms with E-state index in [0.717, 1.165) is 25.9 Å². The van der Waals surface area contributed by atoms with Crippen LogP contribution in [-0.2, 0) is 0 Å². The Kier molecular flexibility index (Phi) is 4.24. The summed E-state index contributed by atoms with van der Waals surface area (Å²) in [5.74, 6) is 1.08. The second-order valence-corrected chi connectivity index (χ2v) is 5.00. The predicted octanol–water partition coefficient (Wildman–Crippen LogP) is 1.74. The maximum atomic E-state index is 9.58. The van der Waals surface area contributed by atoms with Gasteiger partial charge in [0.15, 0.2) is 5.82 Å². The summed E-state index contributed by atoms with van der Waals surface area (Å²) in [6, 6.07) is 0.326. The molecule has 5 nitrogen and oxygen atoms in total. The average Bonchev–Trinajstić information content (AvgIpc) is 2.39. The molecule has 0 spiro atoms. The van der Waals surface area contributed by atoms with E-state index in [1.54, 1.807) is 6.20 Å². The van der Waals surface area contributed by atoms with Gasteiger partial charge in [-0.25, -0.2) is 4.98 Å². The van der Waals surface area contributed by atoms with E-state index in [2.05, 4.69) is 14.9 Å². The number of aliphatic hydroxyl groups is 1. The maximum absolute atomic E-state index is 9.58. The van der Waals surface area contributed by atoms with E-state index in [0.29, 0.717) is 22.8 Å². The Morgan fingerprint density at radius 2 is 2.17 bits per heavy atom. The number of hydrogen-bond donors (Lipinski definition) is 1. The van der Waals surface area contributed by atoms with E-state index in [9.17, 15) is 5.11 Å². The number of anilines is 1. The van der Waals surface area contributed by atoms with Crippen LogP contribution in [0.1, 0.15) is 19.8 Å². The van der Waals surface area contributed by atoms with Gasteiger partial charge in [0.1, 0.15) is 5.02 Å². The molecule has 0 amide bonds. The SMILES string of the molecule is COc1ncc(Cl)c(N2CCC(C(C)O)CC2)n1. The van der Waals surface area contributed by atoms with Crippen molar-refractivity contribution in [2.45, 2.75) is 25.9 Å². The molecule has 0 saturated carbocycles. The molecule has 18 heavy (non-hydrogen) atoms. The average molecular weight is 272 g/mol. The number of methoxy groups -OCH3 is 1. The second-order valence-electron chi connectivity index (χ2n) is 4.59. The first-order valence-electron chi connectivity index (χ1n) is 6.11. The van der Waals surface area contributed by atoms with Crippen molar-refractivity contribution in [3.63, 3.8) is 0 Å². The molecule has 1 N–H and O–H groups in total. The van der Waals surface area contributed by atoms with E-state index in [4.69, 9.17) is 16.3 Å². The van der Waals surface area contributed by atoms with Gasteiger partial charge in [-0.05, 0) is 25.7 Å². The van der Waals surface area contributed by atoms with Crippen molar-refractivity contribution in [2.75, 3.05) is 25.1 Å². The minimum Gasteiger partial charge on any atom is -0.467 e.